The third-order valence-corrected chi connectivity index (χ3v) is 9.33. The van der Waals surface area contributed by atoms with E-state index in [1.165, 1.54) is 12.0 Å². The average molecular weight is 344 g/mol. The lowest BCUT2D eigenvalue weighted by Crippen LogP contribution is -2.54. The van der Waals surface area contributed by atoms with Crippen LogP contribution in [0.5, 0.6) is 0 Å². The topological polar surface area (TPSA) is 54.4 Å². The summed E-state index contributed by atoms with van der Waals surface area (Å²) in [4.78, 5) is 24.5. The first kappa shape index (κ1) is 17.5. The van der Waals surface area contributed by atoms with E-state index in [4.69, 9.17) is 0 Å². The van der Waals surface area contributed by atoms with Crippen LogP contribution in [-0.4, -0.2) is 23.3 Å². The Balaban J connectivity index is 1.68. The fraction of sp³-hybridized carbons (Fsp3) is 0.818. The molecule has 0 amide bonds. The molecule has 3 heteroatoms. The second-order valence-corrected chi connectivity index (χ2v) is 9.88. The molecule has 3 unspecified atom stereocenters. The Kier molecular flexibility index (Phi) is 3.85. The van der Waals surface area contributed by atoms with Crippen molar-refractivity contribution in [1.29, 1.82) is 0 Å². The molecule has 0 bridgehead atoms. The first-order chi connectivity index (χ1) is 11.8. The summed E-state index contributed by atoms with van der Waals surface area (Å²) >= 11 is 0. The maximum atomic E-state index is 12.6. The number of rotatable bonds is 2. The van der Waals surface area contributed by atoms with Gasteiger partial charge in [-0.25, -0.2) is 0 Å². The fourth-order valence-corrected chi connectivity index (χ4v) is 7.46. The minimum Gasteiger partial charge on any atom is -0.389 e. The van der Waals surface area contributed by atoms with E-state index in [0.717, 1.165) is 38.5 Å². The highest BCUT2D eigenvalue weighted by Crippen LogP contribution is 2.69. The molecule has 6 atom stereocenters. The molecule has 3 fully saturated rings. The number of hydrogen-bond acceptors (Lipinski definition) is 3. The van der Waals surface area contributed by atoms with Crippen LogP contribution in [0.1, 0.15) is 72.1 Å². The van der Waals surface area contributed by atoms with Gasteiger partial charge in [-0.3, -0.25) is 9.59 Å². The normalized spacial score (nSPS) is 49.0. The van der Waals surface area contributed by atoms with Crippen LogP contribution in [0, 0.1) is 34.0 Å². The summed E-state index contributed by atoms with van der Waals surface area (Å²) in [6.07, 6.45) is 10.2. The van der Waals surface area contributed by atoms with Gasteiger partial charge in [-0.15, -0.1) is 0 Å². The molecule has 0 aromatic rings. The molecule has 4 aliphatic rings. The predicted octanol–water partition coefficient (Wildman–Crippen LogP) is 4.09. The Morgan fingerprint density at radius 3 is 2.52 bits per heavy atom. The molecule has 138 valence electrons. The summed E-state index contributed by atoms with van der Waals surface area (Å²) in [5, 5.41) is 9.53. The van der Waals surface area contributed by atoms with Crippen LogP contribution in [0.3, 0.4) is 0 Å². The van der Waals surface area contributed by atoms with Crippen molar-refractivity contribution >= 4 is 11.6 Å². The number of fused-ring (bicyclic) bond motifs is 5. The van der Waals surface area contributed by atoms with Crippen LogP contribution in [-0.2, 0) is 9.59 Å². The maximum Gasteiger partial charge on any atom is 0.164 e. The number of carbonyl (C=O) groups excluding carboxylic acids is 2. The minimum absolute atomic E-state index is 0.0239. The van der Waals surface area contributed by atoms with Gasteiger partial charge in [0, 0.05) is 11.8 Å². The van der Waals surface area contributed by atoms with Crippen molar-refractivity contribution in [2.45, 2.75) is 72.1 Å². The van der Waals surface area contributed by atoms with Crippen LogP contribution >= 0.6 is 0 Å². The number of aliphatic hydroxyl groups excluding tert-OH is 1. The van der Waals surface area contributed by atoms with Crippen molar-refractivity contribution in [3.8, 4) is 0 Å². The molecular weight excluding hydrogens is 312 g/mol. The van der Waals surface area contributed by atoms with E-state index in [0.29, 0.717) is 30.0 Å². The van der Waals surface area contributed by atoms with E-state index >= 15 is 0 Å². The summed E-state index contributed by atoms with van der Waals surface area (Å²) in [5.41, 5.74) is 1.26. The largest absolute Gasteiger partial charge is 0.389 e. The zero-order valence-electron chi connectivity index (χ0n) is 15.9. The van der Waals surface area contributed by atoms with Crippen molar-refractivity contribution in [3.63, 3.8) is 0 Å². The van der Waals surface area contributed by atoms with Crippen LogP contribution in [0.2, 0.25) is 0 Å². The predicted molar refractivity (Wildman–Crippen MR) is 96.9 cm³/mol. The van der Waals surface area contributed by atoms with Crippen molar-refractivity contribution in [2.75, 3.05) is 6.61 Å². The highest BCUT2D eigenvalue weighted by molar-refractivity contribution is 5.91. The van der Waals surface area contributed by atoms with Gasteiger partial charge in [0.2, 0.25) is 0 Å². The summed E-state index contributed by atoms with van der Waals surface area (Å²) in [7, 11) is 0. The molecule has 0 aromatic heterocycles. The number of hydrogen-bond donors (Lipinski definition) is 1. The lowest BCUT2D eigenvalue weighted by molar-refractivity contribution is -0.144. The first-order valence-electron chi connectivity index (χ1n) is 10.1. The molecule has 1 N–H and O–H groups in total. The van der Waals surface area contributed by atoms with Gasteiger partial charge >= 0.3 is 0 Å². The molecule has 4 aliphatic carbocycles. The summed E-state index contributed by atoms with van der Waals surface area (Å²) in [5.74, 6) is 2.27. The molecule has 4 rings (SSSR count). The smallest absolute Gasteiger partial charge is 0.164 e. The van der Waals surface area contributed by atoms with Crippen LogP contribution in [0.25, 0.3) is 0 Å². The number of carbonyl (C=O) groups is 2. The fourth-order valence-electron chi connectivity index (χ4n) is 7.46. The average Bonchev–Trinajstić information content (AvgIpc) is 2.87. The monoisotopic (exact) mass is 344 g/mol. The van der Waals surface area contributed by atoms with Gasteiger partial charge in [0.15, 0.2) is 11.6 Å². The van der Waals surface area contributed by atoms with E-state index in [2.05, 4.69) is 20.8 Å². The van der Waals surface area contributed by atoms with Crippen molar-refractivity contribution < 1.29 is 14.7 Å². The third kappa shape index (κ3) is 2.14. The quantitative estimate of drug-likeness (QED) is 0.821. The summed E-state index contributed by atoms with van der Waals surface area (Å²) < 4.78 is 0. The maximum absolute atomic E-state index is 12.6. The number of ketones is 2. The van der Waals surface area contributed by atoms with Gasteiger partial charge in [0.1, 0.15) is 6.61 Å². The van der Waals surface area contributed by atoms with E-state index in [1.54, 1.807) is 0 Å². The van der Waals surface area contributed by atoms with E-state index in [1.807, 2.05) is 6.08 Å². The van der Waals surface area contributed by atoms with Gasteiger partial charge in [0.05, 0.1) is 0 Å². The SMILES string of the molecule is C[C@]12CCC(=O)C=C1CCC1C2CC[C@@]2(C)C1CC[C@]2(C)C(=O)CO. The molecule has 0 aromatic carbocycles. The zero-order chi connectivity index (χ0) is 18.0. The Morgan fingerprint density at radius 2 is 1.80 bits per heavy atom. The number of aliphatic hydroxyl groups is 1. The lowest BCUT2D eigenvalue weighted by Gasteiger charge is -2.59. The van der Waals surface area contributed by atoms with Crippen LogP contribution in [0.15, 0.2) is 11.6 Å². The highest BCUT2D eigenvalue weighted by atomic mass is 16.3. The van der Waals surface area contributed by atoms with Crippen molar-refractivity contribution in [2.24, 2.45) is 34.0 Å². The molecule has 25 heavy (non-hydrogen) atoms. The Labute approximate surface area is 151 Å². The molecule has 0 spiro atoms. The highest BCUT2D eigenvalue weighted by Gasteiger charge is 2.64. The van der Waals surface area contributed by atoms with Gasteiger partial charge < -0.3 is 5.11 Å². The molecule has 0 radical (unpaired) electrons. The standard InChI is InChI=1S/C22H32O3/c1-20-9-6-15(24)12-14(20)4-5-16-17(20)7-10-21(2)18(16)8-11-22(21,3)19(25)13-23/h12,16-18,23H,4-11,13H2,1-3H3/t16?,17?,18?,20-,21-,22+/m0/s1. The van der Waals surface area contributed by atoms with Gasteiger partial charge in [-0.2, -0.15) is 0 Å². The molecule has 3 saturated carbocycles. The van der Waals surface area contributed by atoms with Crippen molar-refractivity contribution in [1.82, 2.24) is 0 Å². The second kappa shape index (κ2) is 5.52. The van der Waals surface area contributed by atoms with E-state index in [9.17, 15) is 14.7 Å². The van der Waals surface area contributed by atoms with Gasteiger partial charge in [0.25, 0.3) is 0 Å². The Bertz CT molecular complexity index is 650. The van der Waals surface area contributed by atoms with Crippen molar-refractivity contribution in [3.05, 3.63) is 11.6 Å². The lowest BCUT2D eigenvalue weighted by atomic mass is 9.45. The zero-order valence-corrected chi connectivity index (χ0v) is 15.9. The third-order valence-electron chi connectivity index (χ3n) is 9.33. The number of allylic oxidation sites excluding steroid dienone is 1. The van der Waals surface area contributed by atoms with E-state index < -0.39 is 0 Å². The molecular formula is C22H32O3. The molecule has 0 aliphatic heterocycles. The van der Waals surface area contributed by atoms with E-state index in [-0.39, 0.29) is 28.6 Å². The molecule has 0 heterocycles. The molecule has 3 nitrogen and oxygen atoms in total. The first-order valence-corrected chi connectivity index (χ1v) is 10.1. The minimum atomic E-state index is -0.364. The summed E-state index contributed by atoms with van der Waals surface area (Å²) in [6.45, 7) is 6.52. The Morgan fingerprint density at radius 1 is 1.08 bits per heavy atom. The Hall–Kier alpha value is -0.960. The van der Waals surface area contributed by atoms with Gasteiger partial charge in [-0.1, -0.05) is 26.3 Å². The second-order valence-electron chi connectivity index (χ2n) is 9.88. The van der Waals surface area contributed by atoms with Crippen LogP contribution < -0.4 is 0 Å². The summed E-state index contributed by atoms with van der Waals surface area (Å²) in [6, 6.07) is 0. The molecule has 0 saturated heterocycles. The van der Waals surface area contributed by atoms with Gasteiger partial charge in [-0.05, 0) is 79.6 Å². The van der Waals surface area contributed by atoms with Crippen LogP contribution in [0.4, 0.5) is 0 Å². The number of Topliss-reactive ketones (excluding diaryl/α,β-unsaturated/α-hetero) is 1.